The molecule has 0 aliphatic carbocycles. The maximum atomic E-state index is 4.35. The molecule has 0 bridgehead atoms. The summed E-state index contributed by atoms with van der Waals surface area (Å²) < 4.78 is 1.90. The van der Waals surface area contributed by atoms with E-state index in [0.717, 1.165) is 0 Å². The van der Waals surface area contributed by atoms with E-state index in [9.17, 15) is 0 Å². The maximum absolute atomic E-state index is 4.35. The van der Waals surface area contributed by atoms with Crippen molar-refractivity contribution in [3.8, 4) is 0 Å². The van der Waals surface area contributed by atoms with Crippen molar-refractivity contribution in [1.29, 1.82) is 0 Å². The molecule has 1 atom stereocenters. The minimum atomic E-state index is 0.217. The molecule has 4 heteroatoms. The summed E-state index contributed by atoms with van der Waals surface area (Å²) in [4.78, 5) is 2.70. The van der Waals surface area contributed by atoms with Gasteiger partial charge in [-0.2, -0.15) is 5.10 Å². The lowest BCUT2D eigenvalue weighted by molar-refractivity contribution is 0.0647. The standard InChI is InChI=1S/C15H28N4/c1-5-15(6-2,19-9-7-8-10-19)14(16-3)13-11-17-18(4)12-13/h11-12,14,16H,5-10H2,1-4H3. The Morgan fingerprint density at radius 1 is 1.32 bits per heavy atom. The average molecular weight is 264 g/mol. The molecule has 0 saturated carbocycles. The molecule has 19 heavy (non-hydrogen) atoms. The Morgan fingerprint density at radius 3 is 2.37 bits per heavy atom. The van der Waals surface area contributed by atoms with Gasteiger partial charge in [-0.1, -0.05) is 13.8 Å². The minimum Gasteiger partial charge on any atom is -0.311 e. The third kappa shape index (κ3) is 2.56. The monoisotopic (exact) mass is 264 g/mol. The van der Waals surface area contributed by atoms with Crippen LogP contribution in [0.2, 0.25) is 0 Å². The van der Waals surface area contributed by atoms with E-state index in [0.29, 0.717) is 6.04 Å². The third-order valence-corrected chi connectivity index (χ3v) is 4.84. The van der Waals surface area contributed by atoms with Gasteiger partial charge in [0, 0.05) is 24.3 Å². The van der Waals surface area contributed by atoms with Gasteiger partial charge in [0.05, 0.1) is 12.2 Å². The first-order valence-electron chi connectivity index (χ1n) is 7.58. The molecule has 0 spiro atoms. The fraction of sp³-hybridized carbons (Fsp3) is 0.800. The largest absolute Gasteiger partial charge is 0.311 e. The SMILES string of the molecule is CCC(CC)(C(NC)c1cnn(C)c1)N1CCCC1. The first kappa shape index (κ1) is 14.5. The van der Waals surface area contributed by atoms with Crippen LogP contribution in [-0.2, 0) is 7.05 Å². The zero-order valence-corrected chi connectivity index (χ0v) is 12.8. The smallest absolute Gasteiger partial charge is 0.0538 e. The molecule has 4 nitrogen and oxygen atoms in total. The summed E-state index contributed by atoms with van der Waals surface area (Å²) in [6.07, 6.45) is 9.18. The van der Waals surface area contributed by atoms with Crippen LogP contribution in [0, 0.1) is 0 Å². The Labute approximate surface area is 117 Å². The van der Waals surface area contributed by atoms with Crippen molar-refractivity contribution in [2.45, 2.75) is 51.1 Å². The quantitative estimate of drug-likeness (QED) is 0.856. The predicted octanol–water partition coefficient (Wildman–Crippen LogP) is 2.34. The summed E-state index contributed by atoms with van der Waals surface area (Å²) in [5.41, 5.74) is 1.52. The van der Waals surface area contributed by atoms with Crippen LogP contribution >= 0.6 is 0 Å². The molecule has 1 aromatic heterocycles. The van der Waals surface area contributed by atoms with Crippen LogP contribution < -0.4 is 5.32 Å². The highest BCUT2D eigenvalue weighted by atomic mass is 15.3. The number of aryl methyl sites for hydroxylation is 1. The lowest BCUT2D eigenvalue weighted by Crippen LogP contribution is -2.54. The molecule has 1 fully saturated rings. The molecule has 0 radical (unpaired) electrons. The molecule has 1 N–H and O–H groups in total. The van der Waals surface area contributed by atoms with E-state index in [1.54, 1.807) is 0 Å². The zero-order valence-electron chi connectivity index (χ0n) is 12.8. The first-order valence-corrected chi connectivity index (χ1v) is 7.58. The molecule has 1 unspecified atom stereocenters. The van der Waals surface area contributed by atoms with Gasteiger partial charge < -0.3 is 5.32 Å². The Hall–Kier alpha value is -0.870. The molecule has 0 amide bonds. The van der Waals surface area contributed by atoms with Crippen LogP contribution in [0.4, 0.5) is 0 Å². The summed E-state index contributed by atoms with van der Waals surface area (Å²) in [7, 11) is 4.07. The van der Waals surface area contributed by atoms with E-state index in [4.69, 9.17) is 0 Å². The molecule has 2 rings (SSSR count). The van der Waals surface area contributed by atoms with E-state index in [1.807, 2.05) is 17.9 Å². The topological polar surface area (TPSA) is 33.1 Å². The van der Waals surface area contributed by atoms with Crippen molar-refractivity contribution in [3.63, 3.8) is 0 Å². The maximum Gasteiger partial charge on any atom is 0.0538 e. The number of nitrogens with one attached hydrogen (secondary N) is 1. The Kier molecular flexibility index (Phi) is 4.63. The van der Waals surface area contributed by atoms with Crippen molar-refractivity contribution >= 4 is 0 Å². The predicted molar refractivity (Wildman–Crippen MR) is 79.1 cm³/mol. The summed E-state index contributed by atoms with van der Waals surface area (Å²) >= 11 is 0. The number of aromatic nitrogens is 2. The first-order chi connectivity index (χ1) is 9.17. The molecule has 1 aliphatic rings. The molecule has 0 aromatic carbocycles. The van der Waals surface area contributed by atoms with E-state index in [-0.39, 0.29) is 5.54 Å². The molecular formula is C15H28N4. The van der Waals surface area contributed by atoms with Crippen LogP contribution in [0.3, 0.4) is 0 Å². The van der Waals surface area contributed by atoms with Gasteiger partial charge in [-0.05, 0) is 45.8 Å². The number of hydrogen-bond acceptors (Lipinski definition) is 3. The summed E-state index contributed by atoms with van der Waals surface area (Å²) in [5, 5.41) is 7.91. The summed E-state index contributed by atoms with van der Waals surface area (Å²) in [6, 6.07) is 0.356. The van der Waals surface area contributed by atoms with Gasteiger partial charge in [0.15, 0.2) is 0 Å². The molecule has 1 saturated heterocycles. The van der Waals surface area contributed by atoms with Crippen LogP contribution in [0.5, 0.6) is 0 Å². The molecule has 1 aliphatic heterocycles. The Morgan fingerprint density at radius 2 is 1.95 bits per heavy atom. The van der Waals surface area contributed by atoms with Gasteiger partial charge >= 0.3 is 0 Å². The summed E-state index contributed by atoms with van der Waals surface area (Å²) in [5.74, 6) is 0. The van der Waals surface area contributed by atoms with Gasteiger partial charge in [-0.15, -0.1) is 0 Å². The Balaban J connectivity index is 2.34. The number of hydrogen-bond donors (Lipinski definition) is 1. The van der Waals surface area contributed by atoms with Gasteiger partial charge in [0.1, 0.15) is 0 Å². The molecule has 108 valence electrons. The molecule has 1 aromatic rings. The number of nitrogens with zero attached hydrogens (tertiary/aromatic N) is 3. The van der Waals surface area contributed by atoms with E-state index in [2.05, 4.69) is 42.4 Å². The highest BCUT2D eigenvalue weighted by molar-refractivity contribution is 5.18. The second-order valence-corrected chi connectivity index (χ2v) is 5.67. The van der Waals surface area contributed by atoms with Crippen LogP contribution in [-0.4, -0.2) is 40.4 Å². The normalized spacial score (nSPS) is 18.9. The van der Waals surface area contributed by atoms with Crippen molar-refractivity contribution in [3.05, 3.63) is 18.0 Å². The van der Waals surface area contributed by atoms with Crippen LogP contribution in [0.1, 0.15) is 51.1 Å². The van der Waals surface area contributed by atoms with Crippen molar-refractivity contribution in [2.75, 3.05) is 20.1 Å². The van der Waals surface area contributed by atoms with Gasteiger partial charge in [-0.3, -0.25) is 9.58 Å². The fourth-order valence-electron chi connectivity index (χ4n) is 3.79. The Bertz CT molecular complexity index is 389. The van der Waals surface area contributed by atoms with E-state index < -0.39 is 0 Å². The highest BCUT2D eigenvalue weighted by Crippen LogP contribution is 2.39. The van der Waals surface area contributed by atoms with E-state index >= 15 is 0 Å². The summed E-state index contributed by atoms with van der Waals surface area (Å²) in [6.45, 7) is 7.12. The lowest BCUT2D eigenvalue weighted by atomic mass is 9.80. The van der Waals surface area contributed by atoms with Gasteiger partial charge in [0.2, 0.25) is 0 Å². The number of likely N-dealkylation sites (tertiary alicyclic amines) is 1. The second-order valence-electron chi connectivity index (χ2n) is 5.67. The van der Waals surface area contributed by atoms with Crippen LogP contribution in [0.25, 0.3) is 0 Å². The fourth-order valence-corrected chi connectivity index (χ4v) is 3.79. The zero-order chi connectivity index (χ0) is 13.9. The van der Waals surface area contributed by atoms with Crippen LogP contribution in [0.15, 0.2) is 12.4 Å². The number of likely N-dealkylation sites (N-methyl/N-ethyl adjacent to an activating group) is 1. The van der Waals surface area contributed by atoms with E-state index in [1.165, 1.54) is 44.3 Å². The number of rotatable bonds is 6. The van der Waals surface area contributed by atoms with Crippen molar-refractivity contribution < 1.29 is 0 Å². The third-order valence-electron chi connectivity index (χ3n) is 4.84. The average Bonchev–Trinajstić information content (AvgIpc) is 3.07. The second kappa shape index (κ2) is 6.06. The van der Waals surface area contributed by atoms with Gasteiger partial charge in [-0.25, -0.2) is 0 Å². The highest BCUT2D eigenvalue weighted by Gasteiger charge is 2.42. The van der Waals surface area contributed by atoms with Crippen molar-refractivity contribution in [1.82, 2.24) is 20.0 Å². The molecular weight excluding hydrogens is 236 g/mol. The van der Waals surface area contributed by atoms with Gasteiger partial charge in [0.25, 0.3) is 0 Å². The minimum absolute atomic E-state index is 0.217. The molecule has 2 heterocycles. The lowest BCUT2D eigenvalue weighted by Gasteiger charge is -2.46. The van der Waals surface area contributed by atoms with Crippen molar-refractivity contribution in [2.24, 2.45) is 7.05 Å².